The van der Waals surface area contributed by atoms with Crippen molar-refractivity contribution in [3.8, 4) is 11.6 Å². The normalized spacial score (nSPS) is 19.4. The summed E-state index contributed by atoms with van der Waals surface area (Å²) in [6, 6.07) is 13.2. The number of fused-ring (bicyclic) bond motifs is 1. The summed E-state index contributed by atoms with van der Waals surface area (Å²) in [4.78, 5) is 67.6. The van der Waals surface area contributed by atoms with Crippen molar-refractivity contribution in [1.29, 1.82) is 0 Å². The quantitative estimate of drug-likeness (QED) is 0.110. The first-order valence-electron chi connectivity index (χ1n) is 22.5. The lowest BCUT2D eigenvalue weighted by molar-refractivity contribution is -0.294. The first-order valence-corrected chi connectivity index (χ1v) is 22.5. The number of ether oxygens (including phenoxy) is 8. The van der Waals surface area contributed by atoms with Crippen LogP contribution in [-0.4, -0.2) is 102 Å². The molecule has 0 spiro atoms. The molecule has 0 radical (unpaired) electrons. The number of hydrogen-bond acceptors (Lipinski definition) is 15. The Kier molecular flexibility index (Phi) is 17.1. The summed E-state index contributed by atoms with van der Waals surface area (Å²) >= 11 is 0. The first-order chi connectivity index (χ1) is 30.4. The van der Waals surface area contributed by atoms with Gasteiger partial charge >= 0.3 is 29.8 Å². The monoisotopic (exact) mass is 924 g/mol. The van der Waals surface area contributed by atoms with E-state index in [2.05, 4.69) is 0 Å². The average Bonchev–Trinajstić information content (AvgIpc) is 3.55. The van der Waals surface area contributed by atoms with Crippen LogP contribution in [-0.2, 0) is 71.8 Å². The number of aromatic nitrogens is 2. The zero-order valence-electron chi connectivity index (χ0n) is 41.5. The van der Waals surface area contributed by atoms with Gasteiger partial charge in [-0.3, -0.25) is 28.7 Å². The standard InChI is InChI=1S/C50H72N2O14/c1-46(2,3)41(54)60-26-24-52-33-21-17-19-31(23-22-30-18-16-20-32(28-30)59-27-25-53)35(33)39(51-52)66-40-38(65-45(58)50(13,14)15)37(64-44(57)49(10,11)12)36(63-43(56)48(7,8)9)34(62-40)29-61-42(55)47(4,5)6/h16-21,28,34,36-38,40,53H,22-27,29H2,1-15H3/t34-,36-,37+,38-,40+/m1/s1. The summed E-state index contributed by atoms with van der Waals surface area (Å²) < 4.78 is 50.7. The minimum atomic E-state index is -1.60. The fourth-order valence-electron chi connectivity index (χ4n) is 6.29. The van der Waals surface area contributed by atoms with Crippen LogP contribution in [0.15, 0.2) is 42.5 Å². The molecule has 366 valence electrons. The summed E-state index contributed by atoms with van der Waals surface area (Å²) in [7, 11) is 0. The molecule has 2 heterocycles. The highest BCUT2D eigenvalue weighted by molar-refractivity contribution is 5.88. The second kappa shape index (κ2) is 21.2. The van der Waals surface area contributed by atoms with Gasteiger partial charge in [-0.2, -0.15) is 0 Å². The van der Waals surface area contributed by atoms with Gasteiger partial charge in [-0.15, -0.1) is 5.10 Å². The molecule has 1 fully saturated rings. The van der Waals surface area contributed by atoms with Gasteiger partial charge in [0.2, 0.25) is 18.3 Å². The zero-order chi connectivity index (χ0) is 49.6. The van der Waals surface area contributed by atoms with Gasteiger partial charge in [-0.1, -0.05) is 24.3 Å². The van der Waals surface area contributed by atoms with Crippen molar-refractivity contribution in [1.82, 2.24) is 9.78 Å². The van der Waals surface area contributed by atoms with Crippen molar-refractivity contribution in [3.05, 3.63) is 53.6 Å². The summed E-state index contributed by atoms with van der Waals surface area (Å²) in [5.41, 5.74) is -2.48. The molecule has 0 aliphatic carbocycles. The van der Waals surface area contributed by atoms with Gasteiger partial charge in [0.15, 0.2) is 12.2 Å². The lowest BCUT2D eigenvalue weighted by Gasteiger charge is -2.45. The van der Waals surface area contributed by atoms with Crippen LogP contribution in [0.3, 0.4) is 0 Å². The van der Waals surface area contributed by atoms with Crippen LogP contribution in [0.25, 0.3) is 10.9 Å². The van der Waals surface area contributed by atoms with E-state index in [1.807, 2.05) is 42.5 Å². The summed E-state index contributed by atoms with van der Waals surface area (Å²) in [6.07, 6.45) is -6.46. The van der Waals surface area contributed by atoms with Crippen LogP contribution >= 0.6 is 0 Å². The maximum Gasteiger partial charge on any atom is 0.311 e. The Labute approximate surface area is 389 Å². The highest BCUT2D eigenvalue weighted by atomic mass is 16.7. The summed E-state index contributed by atoms with van der Waals surface area (Å²) in [6.45, 7) is 24.8. The van der Waals surface area contributed by atoms with Crippen LogP contribution in [0.4, 0.5) is 0 Å². The molecule has 0 unspecified atom stereocenters. The molecule has 1 aliphatic rings. The number of rotatable bonds is 16. The van der Waals surface area contributed by atoms with Gasteiger partial charge in [0.25, 0.3) is 0 Å². The Balaban J connectivity index is 1.93. The Hall–Kier alpha value is -5.22. The lowest BCUT2D eigenvalue weighted by Crippen LogP contribution is -2.65. The molecule has 1 aromatic heterocycles. The van der Waals surface area contributed by atoms with Gasteiger partial charge < -0.3 is 43.0 Å². The van der Waals surface area contributed by atoms with Crippen molar-refractivity contribution in [2.24, 2.45) is 27.1 Å². The SMILES string of the molecule is CC(C)(C)C(=O)OCCn1nc(O[C@@H]2O[C@H](COC(=O)C(C)(C)C)[C@@H](OC(=O)C(C)(C)C)[C@H](OC(=O)C(C)(C)C)[C@H]2OC(=O)C(C)(C)C)c2c(CCc3cccc(OCCO)c3)cccc21. The maximum absolute atomic E-state index is 13.9. The number of aliphatic hydroxyl groups is 1. The molecule has 16 nitrogen and oxygen atoms in total. The van der Waals surface area contributed by atoms with Crippen LogP contribution < -0.4 is 9.47 Å². The van der Waals surface area contributed by atoms with E-state index in [9.17, 15) is 29.1 Å². The van der Waals surface area contributed by atoms with Crippen LogP contribution in [0.1, 0.15) is 115 Å². The number of aryl methyl sites for hydroxylation is 2. The van der Waals surface area contributed by atoms with Crippen molar-refractivity contribution in [2.45, 2.75) is 154 Å². The van der Waals surface area contributed by atoms with E-state index in [0.717, 1.165) is 11.1 Å². The predicted octanol–water partition coefficient (Wildman–Crippen LogP) is 7.35. The molecule has 0 bridgehead atoms. The molecule has 5 atom stereocenters. The van der Waals surface area contributed by atoms with E-state index in [1.54, 1.807) is 109 Å². The fourth-order valence-corrected chi connectivity index (χ4v) is 6.29. The third-order valence-electron chi connectivity index (χ3n) is 10.3. The molecular weight excluding hydrogens is 853 g/mol. The molecular formula is C50H72N2O14. The Morgan fingerprint density at radius 2 is 1.17 bits per heavy atom. The van der Waals surface area contributed by atoms with E-state index in [0.29, 0.717) is 29.5 Å². The third-order valence-corrected chi connectivity index (χ3v) is 10.3. The van der Waals surface area contributed by atoms with Gasteiger partial charge in [0.1, 0.15) is 31.7 Å². The Morgan fingerprint density at radius 1 is 0.636 bits per heavy atom. The van der Waals surface area contributed by atoms with E-state index in [1.165, 1.54) is 0 Å². The lowest BCUT2D eigenvalue weighted by atomic mass is 9.93. The van der Waals surface area contributed by atoms with Crippen molar-refractivity contribution < 1.29 is 67.0 Å². The number of hydrogen-bond donors (Lipinski definition) is 1. The Bertz CT molecular complexity index is 2180. The molecule has 0 saturated carbocycles. The minimum absolute atomic E-state index is 0.0181. The number of aliphatic hydroxyl groups excluding tert-OH is 1. The summed E-state index contributed by atoms with van der Waals surface area (Å²) in [5, 5.41) is 14.7. The molecule has 66 heavy (non-hydrogen) atoms. The number of carbonyl (C=O) groups excluding carboxylic acids is 5. The van der Waals surface area contributed by atoms with E-state index >= 15 is 0 Å². The number of nitrogens with zero attached hydrogens (tertiary/aromatic N) is 2. The third kappa shape index (κ3) is 14.4. The highest BCUT2D eigenvalue weighted by Gasteiger charge is 2.56. The van der Waals surface area contributed by atoms with Gasteiger partial charge in [0, 0.05) is 0 Å². The number of esters is 5. The maximum atomic E-state index is 13.9. The number of benzene rings is 2. The predicted molar refractivity (Wildman–Crippen MR) is 244 cm³/mol. The van der Waals surface area contributed by atoms with E-state index in [-0.39, 0.29) is 32.2 Å². The molecule has 4 rings (SSSR count). The molecule has 1 aliphatic heterocycles. The number of carbonyl (C=O) groups is 5. The first kappa shape index (κ1) is 53.4. The molecule has 1 saturated heterocycles. The Morgan fingerprint density at radius 3 is 1.73 bits per heavy atom. The molecule has 2 aromatic carbocycles. The smallest absolute Gasteiger partial charge is 0.311 e. The van der Waals surface area contributed by atoms with E-state index < -0.39 is 94.2 Å². The van der Waals surface area contributed by atoms with E-state index in [4.69, 9.17) is 43.0 Å². The largest absolute Gasteiger partial charge is 0.491 e. The molecule has 3 aromatic rings. The summed E-state index contributed by atoms with van der Waals surface area (Å²) in [5.74, 6) is -2.42. The average molecular weight is 925 g/mol. The molecule has 0 amide bonds. The van der Waals surface area contributed by atoms with Gasteiger partial charge in [0.05, 0.1) is 51.1 Å². The van der Waals surface area contributed by atoms with Gasteiger partial charge in [-0.05, 0) is 146 Å². The fraction of sp³-hybridized carbons (Fsp3) is 0.640. The van der Waals surface area contributed by atoms with Gasteiger partial charge in [-0.25, -0.2) is 0 Å². The minimum Gasteiger partial charge on any atom is -0.491 e. The highest BCUT2D eigenvalue weighted by Crippen LogP contribution is 2.38. The molecule has 1 N–H and O–H groups in total. The topological polar surface area (TPSA) is 197 Å². The van der Waals surface area contributed by atoms with Crippen LogP contribution in [0.5, 0.6) is 11.6 Å². The van der Waals surface area contributed by atoms with Crippen molar-refractivity contribution in [2.75, 3.05) is 26.4 Å². The second-order valence-corrected chi connectivity index (χ2v) is 21.8. The van der Waals surface area contributed by atoms with Crippen LogP contribution in [0, 0.1) is 27.1 Å². The molecule has 16 heteroatoms. The van der Waals surface area contributed by atoms with Crippen molar-refractivity contribution in [3.63, 3.8) is 0 Å². The van der Waals surface area contributed by atoms with Crippen LogP contribution in [0.2, 0.25) is 0 Å². The van der Waals surface area contributed by atoms with Crippen molar-refractivity contribution >= 4 is 40.7 Å². The second-order valence-electron chi connectivity index (χ2n) is 21.8. The zero-order valence-corrected chi connectivity index (χ0v) is 41.5.